The molecule has 0 aliphatic heterocycles. The van der Waals surface area contributed by atoms with Gasteiger partial charge in [0.05, 0.1) is 0 Å². The molecule has 0 fully saturated rings. The molecule has 0 saturated carbocycles. The summed E-state index contributed by atoms with van der Waals surface area (Å²) in [7, 11) is 0. The lowest BCUT2D eigenvalue weighted by Crippen LogP contribution is -1.93. The third-order valence-corrected chi connectivity index (χ3v) is 1.96. The van der Waals surface area contributed by atoms with E-state index in [1.165, 1.54) is 6.39 Å². The summed E-state index contributed by atoms with van der Waals surface area (Å²) in [4.78, 5) is 4.09. The number of aromatic nitrogens is 1. The van der Waals surface area contributed by atoms with E-state index in [4.69, 9.17) is 4.42 Å². The van der Waals surface area contributed by atoms with Crippen LogP contribution in [-0.2, 0) is 0 Å². The molecule has 0 atom stereocenters. The van der Waals surface area contributed by atoms with Gasteiger partial charge in [-0.2, -0.15) is 0 Å². The number of allylic oxidation sites excluding steroid dienone is 2. The summed E-state index contributed by atoms with van der Waals surface area (Å²) < 4.78 is 5.28. The zero-order chi connectivity index (χ0) is 10.0. The predicted octanol–water partition coefficient (Wildman–Crippen LogP) is 3.38. The molecule has 0 saturated heterocycles. The van der Waals surface area contributed by atoms with Gasteiger partial charge in [-0.1, -0.05) is 27.0 Å². The Hall–Kier alpha value is -1.31. The number of oxazole rings is 1. The second-order valence-electron chi connectivity index (χ2n) is 3.49. The zero-order valence-corrected chi connectivity index (χ0v) is 8.42. The summed E-state index contributed by atoms with van der Waals surface area (Å²) in [6.07, 6.45) is 1.44. The summed E-state index contributed by atoms with van der Waals surface area (Å²) in [5.74, 6) is 1.13. The van der Waals surface area contributed by atoms with Gasteiger partial charge in [0.1, 0.15) is 5.69 Å². The summed E-state index contributed by atoms with van der Waals surface area (Å²) in [5, 5.41) is 0. The Kier molecular flexibility index (Phi) is 2.71. The molecule has 2 heteroatoms. The molecule has 70 valence electrons. The van der Waals surface area contributed by atoms with Gasteiger partial charge in [0, 0.05) is 0 Å². The lowest BCUT2D eigenvalue weighted by molar-refractivity contribution is 0.537. The molecule has 13 heavy (non-hydrogen) atoms. The van der Waals surface area contributed by atoms with Gasteiger partial charge in [-0.15, -0.1) is 0 Å². The molecule has 1 aromatic heterocycles. The molecule has 0 radical (unpaired) electrons. The Balaban J connectivity index is 3.08. The van der Waals surface area contributed by atoms with Crippen LogP contribution < -0.4 is 0 Å². The first-order chi connectivity index (χ1) is 6.04. The number of rotatable bonds is 3. The lowest BCUT2D eigenvalue weighted by atomic mass is 10.00. The van der Waals surface area contributed by atoms with Crippen molar-refractivity contribution in [2.75, 3.05) is 0 Å². The summed E-state index contributed by atoms with van der Waals surface area (Å²) in [5.41, 5.74) is 2.69. The Bertz CT molecular complexity index is 334. The van der Waals surface area contributed by atoms with Gasteiger partial charge in [-0.3, -0.25) is 0 Å². The zero-order valence-electron chi connectivity index (χ0n) is 8.42. The minimum absolute atomic E-state index is 0.367. The van der Waals surface area contributed by atoms with Crippen molar-refractivity contribution in [2.45, 2.75) is 20.8 Å². The first-order valence-electron chi connectivity index (χ1n) is 4.32. The molecule has 0 N–H and O–H groups in total. The molecule has 0 spiro atoms. The average Bonchev–Trinajstić information content (AvgIpc) is 2.50. The summed E-state index contributed by atoms with van der Waals surface area (Å²) in [6.45, 7) is 13.9. The highest BCUT2D eigenvalue weighted by Gasteiger charge is 2.14. The number of hydrogen-bond donors (Lipinski definition) is 0. The van der Waals surface area contributed by atoms with Crippen LogP contribution in [-0.4, -0.2) is 4.98 Å². The molecule has 0 aliphatic rings. The van der Waals surface area contributed by atoms with Gasteiger partial charge in [0.15, 0.2) is 12.2 Å². The quantitative estimate of drug-likeness (QED) is 0.707. The van der Waals surface area contributed by atoms with E-state index < -0.39 is 0 Å². The van der Waals surface area contributed by atoms with Crippen molar-refractivity contribution in [3.05, 3.63) is 31.0 Å². The molecule has 1 heterocycles. The van der Waals surface area contributed by atoms with Crippen LogP contribution in [0.25, 0.3) is 11.1 Å². The normalized spacial score (nSPS) is 10.5. The standard InChI is InChI=1S/C11H15NO/c1-7(2)9(5)11-10(8(3)4)12-6-13-11/h6-7H,3,5H2,1-2,4H3. The smallest absolute Gasteiger partial charge is 0.182 e. The third kappa shape index (κ3) is 1.89. The minimum Gasteiger partial charge on any atom is -0.443 e. The van der Waals surface area contributed by atoms with Crippen molar-refractivity contribution < 1.29 is 4.42 Å². The van der Waals surface area contributed by atoms with Crippen LogP contribution in [0.4, 0.5) is 0 Å². The molecular formula is C11H15NO. The van der Waals surface area contributed by atoms with Crippen molar-refractivity contribution in [3.63, 3.8) is 0 Å². The Morgan fingerprint density at radius 2 is 2.08 bits per heavy atom. The van der Waals surface area contributed by atoms with E-state index in [9.17, 15) is 0 Å². The highest BCUT2D eigenvalue weighted by atomic mass is 16.3. The largest absolute Gasteiger partial charge is 0.443 e. The molecule has 2 nitrogen and oxygen atoms in total. The van der Waals surface area contributed by atoms with Crippen LogP contribution >= 0.6 is 0 Å². The van der Waals surface area contributed by atoms with Gasteiger partial charge >= 0.3 is 0 Å². The van der Waals surface area contributed by atoms with Crippen molar-refractivity contribution in [1.29, 1.82) is 0 Å². The highest BCUT2D eigenvalue weighted by molar-refractivity contribution is 5.72. The second-order valence-corrected chi connectivity index (χ2v) is 3.49. The average molecular weight is 177 g/mol. The van der Waals surface area contributed by atoms with Crippen LogP contribution in [0, 0.1) is 5.92 Å². The highest BCUT2D eigenvalue weighted by Crippen LogP contribution is 2.26. The maximum absolute atomic E-state index is 5.28. The lowest BCUT2D eigenvalue weighted by Gasteiger charge is -2.07. The van der Waals surface area contributed by atoms with E-state index in [0.29, 0.717) is 5.92 Å². The molecular weight excluding hydrogens is 162 g/mol. The van der Waals surface area contributed by atoms with Crippen LogP contribution in [0.5, 0.6) is 0 Å². The van der Waals surface area contributed by atoms with Crippen molar-refractivity contribution in [1.82, 2.24) is 4.98 Å². The number of nitrogens with zero attached hydrogens (tertiary/aromatic N) is 1. The molecule has 0 bridgehead atoms. The van der Waals surface area contributed by atoms with Crippen molar-refractivity contribution in [3.8, 4) is 0 Å². The van der Waals surface area contributed by atoms with Gasteiger partial charge in [0.25, 0.3) is 0 Å². The maximum atomic E-state index is 5.28. The molecule has 1 rings (SSSR count). The SMILES string of the molecule is C=C(C)c1ncoc1C(=C)C(C)C. The fourth-order valence-electron chi connectivity index (χ4n) is 1.04. The van der Waals surface area contributed by atoms with Crippen LogP contribution in [0.2, 0.25) is 0 Å². The minimum atomic E-state index is 0.367. The monoisotopic (exact) mass is 177 g/mol. The van der Waals surface area contributed by atoms with Crippen LogP contribution in [0.3, 0.4) is 0 Å². The van der Waals surface area contributed by atoms with E-state index in [-0.39, 0.29) is 0 Å². The molecule has 0 aliphatic carbocycles. The topological polar surface area (TPSA) is 26.0 Å². The van der Waals surface area contributed by atoms with Crippen LogP contribution in [0.1, 0.15) is 32.2 Å². The van der Waals surface area contributed by atoms with Gasteiger partial charge in [0.2, 0.25) is 0 Å². The summed E-state index contributed by atoms with van der Waals surface area (Å²) >= 11 is 0. The van der Waals surface area contributed by atoms with Crippen molar-refractivity contribution in [2.24, 2.45) is 5.92 Å². The fraction of sp³-hybridized carbons (Fsp3) is 0.364. The Morgan fingerprint density at radius 1 is 1.46 bits per heavy atom. The summed E-state index contributed by atoms with van der Waals surface area (Å²) in [6, 6.07) is 0. The number of hydrogen-bond acceptors (Lipinski definition) is 2. The van der Waals surface area contributed by atoms with E-state index in [2.05, 4.69) is 32.0 Å². The van der Waals surface area contributed by atoms with E-state index in [0.717, 1.165) is 22.6 Å². The van der Waals surface area contributed by atoms with Crippen LogP contribution in [0.15, 0.2) is 24.0 Å². The maximum Gasteiger partial charge on any atom is 0.182 e. The molecule has 0 unspecified atom stereocenters. The van der Waals surface area contributed by atoms with Gasteiger partial charge < -0.3 is 4.42 Å². The Morgan fingerprint density at radius 3 is 2.54 bits per heavy atom. The van der Waals surface area contributed by atoms with E-state index in [1.807, 2.05) is 6.92 Å². The first-order valence-corrected chi connectivity index (χ1v) is 4.32. The predicted molar refractivity (Wildman–Crippen MR) is 55.1 cm³/mol. The second kappa shape index (κ2) is 3.60. The van der Waals surface area contributed by atoms with E-state index in [1.54, 1.807) is 0 Å². The molecule has 0 aromatic carbocycles. The third-order valence-electron chi connectivity index (χ3n) is 1.96. The molecule has 1 aromatic rings. The van der Waals surface area contributed by atoms with E-state index >= 15 is 0 Å². The fourth-order valence-corrected chi connectivity index (χ4v) is 1.04. The Labute approximate surface area is 79.0 Å². The van der Waals surface area contributed by atoms with Gasteiger partial charge in [-0.05, 0) is 24.0 Å². The van der Waals surface area contributed by atoms with Crippen molar-refractivity contribution >= 4 is 11.1 Å². The first kappa shape index (κ1) is 9.78. The molecule has 0 amide bonds. The van der Waals surface area contributed by atoms with Gasteiger partial charge in [-0.25, -0.2) is 4.98 Å².